The first-order valence-corrected chi connectivity index (χ1v) is 5.31. The third-order valence-corrected chi connectivity index (χ3v) is 3.51. The Bertz CT molecular complexity index is 379. The molecule has 80 valence electrons. The minimum absolute atomic E-state index is 0.243. The van der Waals surface area contributed by atoms with Gasteiger partial charge in [-0.25, -0.2) is 5.43 Å². The average Bonchev–Trinajstić information content (AvgIpc) is 2.45. The molecule has 1 aromatic carbocycles. The summed E-state index contributed by atoms with van der Waals surface area (Å²) in [5.74, 6) is 0. The first-order valence-electron chi connectivity index (χ1n) is 4.90. The fourth-order valence-electron chi connectivity index (χ4n) is 1.89. The van der Waals surface area contributed by atoms with Gasteiger partial charge in [0.1, 0.15) is 5.66 Å². The van der Waals surface area contributed by atoms with Crippen molar-refractivity contribution in [2.45, 2.75) is 12.6 Å². The highest BCUT2D eigenvalue weighted by Gasteiger charge is 2.41. The SMILES string of the molecule is CN1N[C@](C)(c2ccccc2)N(C)C1=S. The van der Waals surface area contributed by atoms with E-state index in [0.29, 0.717) is 0 Å². The molecule has 0 aliphatic carbocycles. The van der Waals surface area contributed by atoms with Gasteiger partial charge in [-0.2, -0.15) is 0 Å². The number of nitrogens with one attached hydrogen (secondary N) is 1. The lowest BCUT2D eigenvalue weighted by Gasteiger charge is -2.31. The van der Waals surface area contributed by atoms with Crippen molar-refractivity contribution in [3.05, 3.63) is 35.9 Å². The maximum absolute atomic E-state index is 5.30. The summed E-state index contributed by atoms with van der Waals surface area (Å²) >= 11 is 5.30. The Morgan fingerprint density at radius 2 is 1.80 bits per heavy atom. The van der Waals surface area contributed by atoms with E-state index in [4.69, 9.17) is 12.2 Å². The predicted octanol–water partition coefficient (Wildman–Crippen LogP) is 1.53. The Labute approximate surface area is 95.6 Å². The van der Waals surface area contributed by atoms with E-state index in [1.807, 2.05) is 37.3 Å². The molecule has 0 saturated carbocycles. The third kappa shape index (κ3) is 1.50. The molecule has 1 aliphatic rings. The zero-order valence-electron chi connectivity index (χ0n) is 9.19. The van der Waals surface area contributed by atoms with Crippen molar-refractivity contribution in [3.8, 4) is 0 Å². The van der Waals surface area contributed by atoms with E-state index in [-0.39, 0.29) is 5.66 Å². The highest BCUT2D eigenvalue weighted by atomic mass is 32.1. The quantitative estimate of drug-likeness (QED) is 0.725. The molecule has 0 aromatic heterocycles. The van der Waals surface area contributed by atoms with Crippen molar-refractivity contribution >= 4 is 17.3 Å². The topological polar surface area (TPSA) is 18.5 Å². The molecule has 0 spiro atoms. The summed E-state index contributed by atoms with van der Waals surface area (Å²) in [6.45, 7) is 2.12. The summed E-state index contributed by atoms with van der Waals surface area (Å²) in [7, 11) is 3.94. The van der Waals surface area contributed by atoms with Crippen LogP contribution in [-0.4, -0.2) is 29.1 Å². The Kier molecular flexibility index (Phi) is 2.40. The lowest BCUT2D eigenvalue weighted by molar-refractivity contribution is 0.179. The van der Waals surface area contributed by atoms with Gasteiger partial charge in [0.15, 0.2) is 5.11 Å². The zero-order chi connectivity index (χ0) is 11.1. The standard InChI is InChI=1S/C11H15N3S/c1-11(9-7-5-4-6-8-9)12-14(3)10(15)13(11)2/h4-8,12H,1-3H3/t11-/m0/s1. The molecular weight excluding hydrogens is 206 g/mol. The molecule has 0 unspecified atom stereocenters. The fourth-order valence-corrected chi connectivity index (χ4v) is 2.11. The highest BCUT2D eigenvalue weighted by Crippen LogP contribution is 2.29. The van der Waals surface area contributed by atoms with Crippen LogP contribution in [0.2, 0.25) is 0 Å². The molecule has 15 heavy (non-hydrogen) atoms. The third-order valence-electron chi connectivity index (χ3n) is 2.97. The molecule has 4 heteroatoms. The molecule has 3 nitrogen and oxygen atoms in total. The van der Waals surface area contributed by atoms with Gasteiger partial charge in [0.05, 0.1) is 0 Å². The Hall–Kier alpha value is -1.13. The number of hydrogen-bond donors (Lipinski definition) is 1. The average molecular weight is 221 g/mol. The lowest BCUT2D eigenvalue weighted by Crippen LogP contribution is -2.45. The molecule has 0 bridgehead atoms. The summed E-state index contributed by atoms with van der Waals surface area (Å²) in [6.07, 6.45) is 0. The predicted molar refractivity (Wildman–Crippen MR) is 65.1 cm³/mol. The van der Waals surface area contributed by atoms with Crippen LogP contribution in [-0.2, 0) is 5.66 Å². The van der Waals surface area contributed by atoms with E-state index in [2.05, 4.69) is 29.4 Å². The van der Waals surface area contributed by atoms with Crippen molar-refractivity contribution in [3.63, 3.8) is 0 Å². The molecular formula is C11H15N3S. The van der Waals surface area contributed by atoms with Gasteiger partial charge in [-0.15, -0.1) is 0 Å². The number of rotatable bonds is 1. The fraction of sp³-hybridized carbons (Fsp3) is 0.364. The molecule has 0 amide bonds. The van der Waals surface area contributed by atoms with E-state index >= 15 is 0 Å². The minimum Gasteiger partial charge on any atom is -0.328 e. The molecule has 0 radical (unpaired) electrons. The van der Waals surface area contributed by atoms with Crippen LogP contribution >= 0.6 is 12.2 Å². The van der Waals surface area contributed by atoms with Gasteiger partial charge in [-0.05, 0) is 24.7 Å². The van der Waals surface area contributed by atoms with Crippen molar-refractivity contribution in [1.29, 1.82) is 0 Å². The van der Waals surface area contributed by atoms with Gasteiger partial charge >= 0.3 is 0 Å². The summed E-state index contributed by atoms with van der Waals surface area (Å²) in [5.41, 5.74) is 4.33. The number of hydrogen-bond acceptors (Lipinski definition) is 2. The molecule has 1 heterocycles. The van der Waals surface area contributed by atoms with Crippen LogP contribution in [0.15, 0.2) is 30.3 Å². The van der Waals surface area contributed by atoms with E-state index in [0.717, 1.165) is 5.11 Å². The van der Waals surface area contributed by atoms with Crippen LogP contribution in [0.5, 0.6) is 0 Å². The molecule has 1 fully saturated rings. The second-order valence-corrected chi connectivity index (χ2v) is 4.32. The van der Waals surface area contributed by atoms with E-state index in [9.17, 15) is 0 Å². The molecule has 2 rings (SSSR count). The van der Waals surface area contributed by atoms with Crippen LogP contribution < -0.4 is 5.43 Å². The van der Waals surface area contributed by atoms with Gasteiger partial charge in [0.25, 0.3) is 0 Å². The molecule has 1 atom stereocenters. The summed E-state index contributed by atoms with van der Waals surface area (Å²) in [4.78, 5) is 2.07. The Balaban J connectivity index is 2.40. The maximum atomic E-state index is 5.30. The molecule has 1 aromatic rings. The van der Waals surface area contributed by atoms with Gasteiger partial charge in [-0.1, -0.05) is 30.3 Å². The number of benzene rings is 1. The first-order chi connectivity index (χ1) is 7.05. The summed E-state index contributed by atoms with van der Waals surface area (Å²) < 4.78 is 0. The van der Waals surface area contributed by atoms with Crippen molar-refractivity contribution in [2.75, 3.05) is 14.1 Å². The van der Waals surface area contributed by atoms with Gasteiger partial charge in [-0.3, -0.25) is 5.01 Å². The second kappa shape index (κ2) is 3.47. The molecule has 1 N–H and O–H groups in total. The van der Waals surface area contributed by atoms with Crippen LogP contribution in [0.3, 0.4) is 0 Å². The molecule has 1 aliphatic heterocycles. The van der Waals surface area contributed by atoms with Gasteiger partial charge in [0.2, 0.25) is 0 Å². The Morgan fingerprint density at radius 3 is 2.27 bits per heavy atom. The second-order valence-electron chi connectivity index (χ2n) is 3.95. The van der Waals surface area contributed by atoms with Crippen molar-refractivity contribution < 1.29 is 0 Å². The Morgan fingerprint density at radius 1 is 1.20 bits per heavy atom. The van der Waals surface area contributed by atoms with Crippen LogP contribution in [0, 0.1) is 0 Å². The van der Waals surface area contributed by atoms with Crippen LogP contribution in [0.25, 0.3) is 0 Å². The van der Waals surface area contributed by atoms with E-state index in [1.165, 1.54) is 5.56 Å². The van der Waals surface area contributed by atoms with Crippen molar-refractivity contribution in [1.82, 2.24) is 15.3 Å². The summed E-state index contributed by atoms with van der Waals surface area (Å²) in [6, 6.07) is 10.3. The normalized spacial score (nSPS) is 26.2. The first kappa shape index (κ1) is 10.4. The van der Waals surface area contributed by atoms with Crippen LogP contribution in [0.4, 0.5) is 0 Å². The smallest absolute Gasteiger partial charge is 0.187 e. The van der Waals surface area contributed by atoms with Crippen LogP contribution in [0.1, 0.15) is 12.5 Å². The number of hydrazine groups is 1. The minimum atomic E-state index is -0.243. The zero-order valence-corrected chi connectivity index (χ0v) is 10.0. The highest BCUT2D eigenvalue weighted by molar-refractivity contribution is 7.80. The summed E-state index contributed by atoms with van der Waals surface area (Å²) in [5, 5.41) is 2.68. The lowest BCUT2D eigenvalue weighted by atomic mass is 10.0. The van der Waals surface area contributed by atoms with Crippen molar-refractivity contribution in [2.24, 2.45) is 0 Å². The largest absolute Gasteiger partial charge is 0.328 e. The number of thiocarbonyl (C=S) groups is 1. The van der Waals surface area contributed by atoms with E-state index < -0.39 is 0 Å². The monoisotopic (exact) mass is 221 g/mol. The van der Waals surface area contributed by atoms with E-state index in [1.54, 1.807) is 0 Å². The van der Waals surface area contributed by atoms with Gasteiger partial charge in [0, 0.05) is 14.1 Å². The maximum Gasteiger partial charge on any atom is 0.187 e. The van der Waals surface area contributed by atoms with Gasteiger partial charge < -0.3 is 4.90 Å². The molecule has 1 saturated heterocycles. The number of nitrogens with zero attached hydrogens (tertiary/aromatic N) is 2.